The van der Waals surface area contributed by atoms with Gasteiger partial charge in [0, 0.05) is 26.6 Å². The molecule has 0 spiro atoms. The smallest absolute Gasteiger partial charge is 0.140 e. The van der Waals surface area contributed by atoms with Crippen molar-refractivity contribution in [2.75, 3.05) is 5.73 Å². The maximum Gasteiger partial charge on any atom is 0.140 e. The summed E-state index contributed by atoms with van der Waals surface area (Å²) in [6, 6.07) is 13.6. The van der Waals surface area contributed by atoms with Crippen LogP contribution in [0, 0.1) is 19.9 Å². The van der Waals surface area contributed by atoms with Gasteiger partial charge in [0.1, 0.15) is 5.78 Å². The number of anilines is 1. The second-order valence-electron chi connectivity index (χ2n) is 4.09. The van der Waals surface area contributed by atoms with Crippen molar-refractivity contribution in [1.29, 1.82) is 0 Å². The molecule has 0 radical (unpaired) electrons. The molecular weight excluding hydrogens is 394 g/mol. The van der Waals surface area contributed by atoms with Crippen molar-refractivity contribution in [2.24, 2.45) is 0 Å². The zero-order valence-corrected chi connectivity index (χ0v) is 13.3. The van der Waals surface area contributed by atoms with E-state index in [0.717, 1.165) is 11.1 Å². The van der Waals surface area contributed by atoms with Crippen LogP contribution in [0.1, 0.15) is 27.0 Å². The molecule has 0 heterocycles. The predicted molar refractivity (Wildman–Crippen MR) is 69.0 cm³/mol. The Bertz CT molecular complexity index is 578. The van der Waals surface area contributed by atoms with Gasteiger partial charge in [0.25, 0.3) is 0 Å². The van der Waals surface area contributed by atoms with Crippen LogP contribution in [0.15, 0.2) is 36.4 Å². The van der Waals surface area contributed by atoms with Crippen molar-refractivity contribution in [3.63, 3.8) is 0 Å². The Morgan fingerprint density at radius 3 is 2.56 bits per heavy atom. The zero-order chi connectivity index (χ0) is 12.4. The summed E-state index contributed by atoms with van der Waals surface area (Å²) in [4.78, 5) is 12.3. The molecule has 0 amide bonds. The summed E-state index contributed by atoms with van der Waals surface area (Å²) < 4.78 is 0. The third-order valence-electron chi connectivity index (χ3n) is 2.99. The molecule has 0 unspecified atom stereocenters. The summed E-state index contributed by atoms with van der Waals surface area (Å²) in [5, 5.41) is 0. The standard InChI is InChI=1S/C15H14NO.W/c1-10-6-5-8-12(11(10)2)15(17)13-7-3-4-9-14(13)16;/h4-9H,16H2,1-2H3;/q-1;. The fourth-order valence-corrected chi connectivity index (χ4v) is 1.78. The molecular formula is C15H14NOW-. The van der Waals surface area contributed by atoms with Crippen LogP contribution >= 0.6 is 0 Å². The normalized spacial score (nSPS) is 9.67. The Hall–Kier alpha value is -1.40. The number of nitrogens with two attached hydrogens (primary N) is 1. The van der Waals surface area contributed by atoms with Gasteiger partial charge >= 0.3 is 0 Å². The molecule has 2 aromatic rings. The van der Waals surface area contributed by atoms with Gasteiger partial charge in [0.15, 0.2) is 0 Å². The molecule has 18 heavy (non-hydrogen) atoms. The van der Waals surface area contributed by atoms with Crippen LogP contribution < -0.4 is 5.73 Å². The topological polar surface area (TPSA) is 43.1 Å². The first-order chi connectivity index (χ1) is 8.11. The number of hydrogen-bond donors (Lipinski definition) is 1. The molecule has 0 aliphatic heterocycles. The quantitative estimate of drug-likeness (QED) is 0.472. The van der Waals surface area contributed by atoms with E-state index >= 15 is 0 Å². The van der Waals surface area contributed by atoms with Crippen LogP contribution in [-0.4, -0.2) is 5.78 Å². The van der Waals surface area contributed by atoms with Crippen LogP contribution in [0.4, 0.5) is 5.69 Å². The van der Waals surface area contributed by atoms with E-state index in [2.05, 4.69) is 6.07 Å². The number of hydrogen-bond acceptors (Lipinski definition) is 2. The summed E-state index contributed by atoms with van der Waals surface area (Å²) in [5.41, 5.74) is 9.63. The molecule has 2 N–H and O–H groups in total. The Labute approximate surface area is 121 Å². The molecule has 3 heteroatoms. The van der Waals surface area contributed by atoms with Gasteiger partial charge in [-0.2, -0.15) is 18.2 Å². The molecule has 0 saturated carbocycles. The van der Waals surface area contributed by atoms with Crippen molar-refractivity contribution in [2.45, 2.75) is 13.8 Å². The number of nitrogen functional groups attached to an aromatic ring is 1. The summed E-state index contributed by atoms with van der Waals surface area (Å²) in [5.74, 6) is -0.0412. The van der Waals surface area contributed by atoms with Gasteiger partial charge in [0.05, 0.1) is 0 Å². The SMILES string of the molecule is Cc1cccc(C(=O)c2c[c-]ccc2N)c1C.[W]. The number of ketones is 1. The summed E-state index contributed by atoms with van der Waals surface area (Å²) in [7, 11) is 0. The van der Waals surface area contributed by atoms with Gasteiger partial charge in [-0.15, -0.1) is 6.07 Å². The van der Waals surface area contributed by atoms with E-state index in [1.54, 1.807) is 18.2 Å². The van der Waals surface area contributed by atoms with Gasteiger partial charge in [-0.1, -0.05) is 29.4 Å². The third kappa shape index (κ3) is 2.70. The largest absolute Gasteiger partial charge is 0.419 e. The van der Waals surface area contributed by atoms with Crippen molar-refractivity contribution in [1.82, 2.24) is 0 Å². The number of carbonyl (C=O) groups excluding carboxylic acids is 1. The van der Waals surface area contributed by atoms with Crippen LogP contribution in [-0.2, 0) is 21.1 Å². The number of benzene rings is 2. The molecule has 0 bridgehead atoms. The summed E-state index contributed by atoms with van der Waals surface area (Å²) >= 11 is 0. The Morgan fingerprint density at radius 1 is 1.17 bits per heavy atom. The van der Waals surface area contributed by atoms with E-state index < -0.39 is 0 Å². The minimum absolute atomic E-state index is 0. The molecule has 0 aromatic heterocycles. The van der Waals surface area contributed by atoms with Gasteiger partial charge in [-0.25, -0.2) is 0 Å². The van der Waals surface area contributed by atoms with Crippen molar-refractivity contribution in [3.05, 3.63) is 64.7 Å². The predicted octanol–water partition coefficient (Wildman–Crippen LogP) is 2.91. The first-order valence-electron chi connectivity index (χ1n) is 5.47. The van der Waals surface area contributed by atoms with E-state index in [1.807, 2.05) is 32.0 Å². The second kappa shape index (κ2) is 5.97. The second-order valence-corrected chi connectivity index (χ2v) is 4.09. The molecule has 92 valence electrons. The maximum absolute atomic E-state index is 12.3. The Kier molecular flexibility index (Phi) is 4.86. The van der Waals surface area contributed by atoms with Crippen molar-refractivity contribution in [3.8, 4) is 0 Å². The van der Waals surface area contributed by atoms with Gasteiger partial charge in [0.2, 0.25) is 0 Å². The third-order valence-corrected chi connectivity index (χ3v) is 2.99. The van der Waals surface area contributed by atoms with Crippen LogP contribution in [0.2, 0.25) is 0 Å². The fourth-order valence-electron chi connectivity index (χ4n) is 1.78. The first kappa shape index (κ1) is 14.7. The number of carbonyl (C=O) groups is 1. The van der Waals surface area contributed by atoms with E-state index in [4.69, 9.17) is 5.73 Å². The molecule has 2 rings (SSSR count). The van der Waals surface area contributed by atoms with E-state index in [0.29, 0.717) is 16.8 Å². The first-order valence-corrected chi connectivity index (χ1v) is 5.47. The molecule has 0 aliphatic rings. The van der Waals surface area contributed by atoms with E-state index in [1.165, 1.54) is 0 Å². The molecule has 2 nitrogen and oxygen atoms in total. The monoisotopic (exact) mass is 408 g/mol. The van der Waals surface area contributed by atoms with Crippen molar-refractivity contribution >= 4 is 11.5 Å². The summed E-state index contributed by atoms with van der Waals surface area (Å²) in [6.07, 6.45) is 0. The van der Waals surface area contributed by atoms with Crippen LogP contribution in [0.5, 0.6) is 0 Å². The van der Waals surface area contributed by atoms with E-state index in [-0.39, 0.29) is 26.8 Å². The summed E-state index contributed by atoms with van der Waals surface area (Å²) in [6.45, 7) is 3.94. The minimum Gasteiger partial charge on any atom is -0.419 e. The molecule has 2 aromatic carbocycles. The van der Waals surface area contributed by atoms with Gasteiger partial charge in [-0.05, 0) is 25.0 Å². The van der Waals surface area contributed by atoms with Gasteiger partial charge < -0.3 is 10.5 Å². The molecule has 0 atom stereocenters. The average molecular weight is 408 g/mol. The number of rotatable bonds is 2. The molecule has 0 fully saturated rings. The van der Waals surface area contributed by atoms with E-state index in [9.17, 15) is 4.79 Å². The maximum atomic E-state index is 12.3. The Morgan fingerprint density at radius 2 is 1.89 bits per heavy atom. The number of aryl methyl sites for hydroxylation is 1. The minimum atomic E-state index is -0.0412. The van der Waals surface area contributed by atoms with Crippen LogP contribution in [0.25, 0.3) is 0 Å². The zero-order valence-electron chi connectivity index (χ0n) is 10.4. The molecule has 0 saturated heterocycles. The van der Waals surface area contributed by atoms with Crippen molar-refractivity contribution < 1.29 is 25.9 Å². The average Bonchev–Trinajstić information content (AvgIpc) is 2.32. The van der Waals surface area contributed by atoms with Gasteiger partial charge in [-0.3, -0.25) is 0 Å². The fraction of sp³-hybridized carbons (Fsp3) is 0.133. The Balaban J connectivity index is 0.00000162. The molecule has 0 aliphatic carbocycles. The van der Waals surface area contributed by atoms with Crippen LogP contribution in [0.3, 0.4) is 0 Å².